The van der Waals surface area contributed by atoms with Gasteiger partial charge in [0.15, 0.2) is 0 Å². The first-order valence-corrected chi connectivity index (χ1v) is 7.62. The summed E-state index contributed by atoms with van der Waals surface area (Å²) in [7, 11) is 0. The molecule has 0 aliphatic heterocycles. The van der Waals surface area contributed by atoms with E-state index in [1.165, 1.54) is 6.42 Å². The molecule has 0 radical (unpaired) electrons. The predicted molar refractivity (Wildman–Crippen MR) is 78.9 cm³/mol. The molecule has 0 unspecified atom stereocenters. The Morgan fingerprint density at radius 3 is 2.67 bits per heavy atom. The van der Waals surface area contributed by atoms with Crippen molar-refractivity contribution in [1.82, 2.24) is 9.97 Å². The van der Waals surface area contributed by atoms with Gasteiger partial charge in [-0.2, -0.15) is 4.98 Å². The molecule has 0 spiro atoms. The van der Waals surface area contributed by atoms with Crippen molar-refractivity contribution < 1.29 is 4.74 Å². The van der Waals surface area contributed by atoms with Crippen molar-refractivity contribution in [2.24, 2.45) is 0 Å². The molecule has 0 bridgehead atoms. The van der Waals surface area contributed by atoms with E-state index in [0.717, 1.165) is 36.5 Å². The van der Waals surface area contributed by atoms with E-state index >= 15 is 0 Å². The van der Waals surface area contributed by atoms with Gasteiger partial charge in [-0.1, -0.05) is 29.3 Å². The number of aryl methyl sites for hydroxylation is 1. The Labute approximate surface area is 118 Å². The molecule has 0 amide bonds. The predicted octanol–water partition coefficient (Wildman–Crippen LogP) is 3.19. The van der Waals surface area contributed by atoms with Gasteiger partial charge in [-0.3, -0.25) is 0 Å². The van der Waals surface area contributed by atoms with Crippen LogP contribution < -0.4 is 9.64 Å². The molecule has 0 atom stereocenters. The van der Waals surface area contributed by atoms with Crippen molar-refractivity contribution in [3.63, 3.8) is 0 Å². The highest BCUT2D eigenvalue weighted by Crippen LogP contribution is 2.16. The number of unbranched alkanes of at least 4 members (excludes halogenated alkanes) is 1. The standard InChI is InChI=1S/C13H22BrN3O/c1-4-6-8-17(9-7-14)13-15-11(3)10-12(16-13)18-5-2/h10H,4-9H2,1-3H3. The minimum absolute atomic E-state index is 0.628. The second-order valence-electron chi connectivity index (χ2n) is 4.11. The van der Waals surface area contributed by atoms with E-state index in [4.69, 9.17) is 4.74 Å². The van der Waals surface area contributed by atoms with Crippen molar-refractivity contribution in [2.45, 2.75) is 33.6 Å². The second kappa shape index (κ2) is 8.29. The Kier molecular flexibility index (Phi) is 7.01. The molecule has 0 aromatic carbocycles. The van der Waals surface area contributed by atoms with Gasteiger partial charge in [0.05, 0.1) is 6.61 Å². The Bertz CT molecular complexity index is 360. The van der Waals surface area contributed by atoms with E-state index in [1.54, 1.807) is 0 Å². The summed E-state index contributed by atoms with van der Waals surface area (Å²) in [4.78, 5) is 11.2. The van der Waals surface area contributed by atoms with E-state index in [1.807, 2.05) is 19.9 Å². The smallest absolute Gasteiger partial charge is 0.228 e. The molecule has 0 saturated carbocycles. The third-order valence-corrected chi connectivity index (χ3v) is 2.88. The molecule has 0 saturated heterocycles. The molecule has 1 aromatic rings. The van der Waals surface area contributed by atoms with Gasteiger partial charge in [0.25, 0.3) is 0 Å². The van der Waals surface area contributed by atoms with Crippen LogP contribution in [0.15, 0.2) is 6.07 Å². The summed E-state index contributed by atoms with van der Waals surface area (Å²) in [5.41, 5.74) is 0.944. The number of hydrogen-bond donors (Lipinski definition) is 0. The number of anilines is 1. The fraction of sp³-hybridized carbons (Fsp3) is 0.692. The Morgan fingerprint density at radius 1 is 1.28 bits per heavy atom. The van der Waals surface area contributed by atoms with Crippen LogP contribution in [0.5, 0.6) is 5.88 Å². The molecular weight excluding hydrogens is 294 g/mol. The monoisotopic (exact) mass is 315 g/mol. The van der Waals surface area contributed by atoms with E-state index in [0.29, 0.717) is 12.5 Å². The third kappa shape index (κ3) is 4.80. The van der Waals surface area contributed by atoms with E-state index < -0.39 is 0 Å². The lowest BCUT2D eigenvalue weighted by atomic mass is 10.3. The van der Waals surface area contributed by atoms with E-state index in [9.17, 15) is 0 Å². The van der Waals surface area contributed by atoms with Crippen LogP contribution in [0.2, 0.25) is 0 Å². The maximum absolute atomic E-state index is 5.47. The fourth-order valence-electron chi connectivity index (χ4n) is 1.65. The minimum Gasteiger partial charge on any atom is -0.478 e. The van der Waals surface area contributed by atoms with Crippen molar-refractivity contribution in [3.05, 3.63) is 11.8 Å². The highest BCUT2D eigenvalue weighted by molar-refractivity contribution is 9.09. The zero-order chi connectivity index (χ0) is 13.4. The molecule has 4 nitrogen and oxygen atoms in total. The maximum atomic E-state index is 5.47. The second-order valence-corrected chi connectivity index (χ2v) is 4.90. The quantitative estimate of drug-likeness (QED) is 0.691. The first kappa shape index (κ1) is 15.2. The lowest BCUT2D eigenvalue weighted by molar-refractivity contribution is 0.326. The molecule has 1 rings (SSSR count). The largest absolute Gasteiger partial charge is 0.478 e. The SMILES string of the molecule is CCCCN(CCBr)c1nc(C)cc(OCC)n1. The summed E-state index contributed by atoms with van der Waals surface area (Å²) in [5.74, 6) is 1.43. The summed E-state index contributed by atoms with van der Waals surface area (Å²) in [6.45, 7) is 8.65. The number of rotatable bonds is 8. The van der Waals surface area contributed by atoms with Crippen LogP contribution in [0.25, 0.3) is 0 Å². The van der Waals surface area contributed by atoms with Gasteiger partial charge < -0.3 is 9.64 Å². The molecule has 5 heteroatoms. The zero-order valence-electron chi connectivity index (χ0n) is 11.4. The summed E-state index contributed by atoms with van der Waals surface area (Å²) in [6, 6.07) is 1.87. The van der Waals surface area contributed by atoms with Crippen LogP contribution in [-0.2, 0) is 0 Å². The topological polar surface area (TPSA) is 38.2 Å². The van der Waals surface area contributed by atoms with Crippen LogP contribution in [-0.4, -0.2) is 35.0 Å². The molecule has 102 valence electrons. The number of alkyl halides is 1. The average Bonchev–Trinajstić information content (AvgIpc) is 2.34. The number of nitrogens with zero attached hydrogens (tertiary/aromatic N) is 3. The molecule has 18 heavy (non-hydrogen) atoms. The van der Waals surface area contributed by atoms with E-state index in [-0.39, 0.29) is 0 Å². The van der Waals surface area contributed by atoms with Gasteiger partial charge in [-0.05, 0) is 20.3 Å². The van der Waals surface area contributed by atoms with Crippen molar-refractivity contribution in [1.29, 1.82) is 0 Å². The lowest BCUT2D eigenvalue weighted by Crippen LogP contribution is -2.28. The van der Waals surface area contributed by atoms with Crippen LogP contribution in [0, 0.1) is 6.92 Å². The molecule has 0 fully saturated rings. The fourth-order valence-corrected chi connectivity index (χ4v) is 2.08. The van der Waals surface area contributed by atoms with Gasteiger partial charge in [-0.25, -0.2) is 4.98 Å². The maximum Gasteiger partial charge on any atom is 0.228 e. The molecule has 1 aromatic heterocycles. The highest BCUT2D eigenvalue weighted by atomic mass is 79.9. The van der Waals surface area contributed by atoms with E-state index in [2.05, 4.69) is 37.7 Å². The van der Waals surface area contributed by atoms with Gasteiger partial charge >= 0.3 is 0 Å². The summed E-state index contributed by atoms with van der Waals surface area (Å²) in [6.07, 6.45) is 2.32. The van der Waals surface area contributed by atoms with Crippen LogP contribution in [0.1, 0.15) is 32.4 Å². The zero-order valence-corrected chi connectivity index (χ0v) is 13.0. The van der Waals surface area contributed by atoms with Crippen molar-refractivity contribution in [3.8, 4) is 5.88 Å². The molecule has 0 aliphatic carbocycles. The summed E-state index contributed by atoms with van der Waals surface area (Å²) < 4.78 is 5.47. The molecule has 1 heterocycles. The average molecular weight is 316 g/mol. The van der Waals surface area contributed by atoms with Gasteiger partial charge in [-0.15, -0.1) is 0 Å². The minimum atomic E-state index is 0.628. The number of halogens is 1. The van der Waals surface area contributed by atoms with Crippen LogP contribution >= 0.6 is 15.9 Å². The Morgan fingerprint density at radius 2 is 2.06 bits per heavy atom. The normalized spacial score (nSPS) is 10.4. The van der Waals surface area contributed by atoms with Crippen LogP contribution in [0.4, 0.5) is 5.95 Å². The molecule has 0 N–H and O–H groups in total. The molecule has 0 aliphatic rings. The third-order valence-electron chi connectivity index (χ3n) is 2.53. The number of aromatic nitrogens is 2. The summed E-state index contributed by atoms with van der Waals surface area (Å²) >= 11 is 3.48. The van der Waals surface area contributed by atoms with Crippen molar-refractivity contribution >= 4 is 21.9 Å². The van der Waals surface area contributed by atoms with Crippen LogP contribution in [0.3, 0.4) is 0 Å². The Balaban J connectivity index is 2.87. The lowest BCUT2D eigenvalue weighted by Gasteiger charge is -2.22. The van der Waals surface area contributed by atoms with Gasteiger partial charge in [0, 0.05) is 30.2 Å². The molecular formula is C13H22BrN3O. The summed E-state index contributed by atoms with van der Waals surface area (Å²) in [5, 5.41) is 0.915. The Hall–Kier alpha value is -0.840. The first-order chi connectivity index (χ1) is 8.71. The number of hydrogen-bond acceptors (Lipinski definition) is 4. The van der Waals surface area contributed by atoms with Gasteiger partial charge in [0.1, 0.15) is 0 Å². The van der Waals surface area contributed by atoms with Gasteiger partial charge in [0.2, 0.25) is 11.8 Å². The first-order valence-electron chi connectivity index (χ1n) is 6.50. The van der Waals surface area contributed by atoms with Crippen molar-refractivity contribution in [2.75, 3.05) is 29.9 Å². The highest BCUT2D eigenvalue weighted by Gasteiger charge is 2.11. The number of ether oxygens (including phenoxy) is 1.